The number of amides is 1. The molecule has 2 heterocycles. The number of rotatable bonds is 4. The molecular formula is C22H23FN5O+. The van der Waals surface area contributed by atoms with E-state index in [9.17, 15) is 9.18 Å². The van der Waals surface area contributed by atoms with Gasteiger partial charge in [0, 0.05) is 11.3 Å². The summed E-state index contributed by atoms with van der Waals surface area (Å²) in [6.45, 7) is 4.12. The van der Waals surface area contributed by atoms with Gasteiger partial charge in [-0.25, -0.2) is 4.39 Å². The lowest BCUT2D eigenvalue weighted by atomic mass is 10.1. The summed E-state index contributed by atoms with van der Waals surface area (Å²) in [5.41, 5.74) is 2.13. The Labute approximate surface area is 169 Å². The Bertz CT molecular complexity index is 1000. The number of anilines is 2. The molecule has 1 aliphatic heterocycles. The van der Waals surface area contributed by atoms with E-state index in [1.54, 1.807) is 18.2 Å². The van der Waals surface area contributed by atoms with Gasteiger partial charge in [0.2, 0.25) is 0 Å². The van der Waals surface area contributed by atoms with Gasteiger partial charge in [0.05, 0.1) is 44.5 Å². The average molecular weight is 392 g/mol. The molecule has 0 saturated carbocycles. The molecule has 1 aliphatic rings. The van der Waals surface area contributed by atoms with Crippen LogP contribution in [-0.4, -0.2) is 49.3 Å². The minimum absolute atomic E-state index is 0.0102. The Morgan fingerprint density at radius 1 is 1.03 bits per heavy atom. The molecule has 1 aromatic heterocycles. The largest absolute Gasteiger partial charge is 0.344 e. The Balaban J connectivity index is 1.48. The molecule has 2 N–H and O–H groups in total. The van der Waals surface area contributed by atoms with Gasteiger partial charge in [-0.1, -0.05) is 24.3 Å². The molecule has 7 heteroatoms. The Morgan fingerprint density at radius 3 is 2.55 bits per heavy atom. The lowest BCUT2D eigenvalue weighted by Gasteiger charge is -2.30. The maximum absolute atomic E-state index is 13.8. The first-order valence-electron chi connectivity index (χ1n) is 9.66. The third-order valence-electron chi connectivity index (χ3n) is 5.13. The van der Waals surface area contributed by atoms with Crippen LogP contribution in [0.5, 0.6) is 0 Å². The second kappa shape index (κ2) is 8.36. The van der Waals surface area contributed by atoms with Crippen molar-refractivity contribution in [3.05, 3.63) is 72.0 Å². The summed E-state index contributed by atoms with van der Waals surface area (Å²) in [4.78, 5) is 16.1. The number of carbonyl (C=O) groups is 1. The van der Waals surface area contributed by atoms with Crippen molar-refractivity contribution in [3.8, 4) is 11.3 Å². The summed E-state index contributed by atoms with van der Waals surface area (Å²) in [5.74, 6) is -0.155. The molecule has 1 amide bonds. The number of halogens is 1. The van der Waals surface area contributed by atoms with Crippen LogP contribution in [0.15, 0.2) is 60.7 Å². The van der Waals surface area contributed by atoms with Crippen molar-refractivity contribution in [3.63, 3.8) is 0 Å². The number of aromatic nitrogens is 2. The van der Waals surface area contributed by atoms with E-state index in [4.69, 9.17) is 0 Å². The van der Waals surface area contributed by atoms with Gasteiger partial charge in [0.15, 0.2) is 5.82 Å². The van der Waals surface area contributed by atoms with Crippen LogP contribution in [0.4, 0.5) is 15.9 Å². The lowest BCUT2D eigenvalue weighted by molar-refractivity contribution is -0.880. The summed E-state index contributed by atoms with van der Waals surface area (Å²) in [6, 6.07) is 17.1. The number of nitrogens with one attached hydrogen (secondary N) is 2. The van der Waals surface area contributed by atoms with Gasteiger partial charge in [-0.15, -0.1) is 10.2 Å². The van der Waals surface area contributed by atoms with Gasteiger partial charge in [0.1, 0.15) is 5.82 Å². The van der Waals surface area contributed by atoms with E-state index < -0.39 is 11.7 Å². The molecule has 3 aromatic rings. The Kier molecular flexibility index (Phi) is 5.48. The van der Waals surface area contributed by atoms with E-state index >= 15 is 0 Å². The number of quaternary nitrogens is 1. The average Bonchev–Trinajstić information content (AvgIpc) is 2.75. The molecule has 0 bridgehead atoms. The molecule has 1 fully saturated rings. The molecule has 6 nitrogen and oxygen atoms in total. The van der Waals surface area contributed by atoms with Gasteiger partial charge >= 0.3 is 0 Å². The highest BCUT2D eigenvalue weighted by molar-refractivity contribution is 6.04. The molecule has 29 heavy (non-hydrogen) atoms. The highest BCUT2D eigenvalue weighted by Gasteiger charge is 2.18. The number of piperazine rings is 1. The molecule has 0 spiro atoms. The van der Waals surface area contributed by atoms with Crippen LogP contribution >= 0.6 is 0 Å². The van der Waals surface area contributed by atoms with E-state index in [0.29, 0.717) is 5.69 Å². The lowest BCUT2D eigenvalue weighted by Crippen LogP contribution is -3.12. The van der Waals surface area contributed by atoms with Crippen LogP contribution in [0.2, 0.25) is 0 Å². The monoisotopic (exact) mass is 392 g/mol. The van der Waals surface area contributed by atoms with Gasteiger partial charge in [-0.2, -0.15) is 0 Å². The maximum Gasteiger partial charge on any atom is 0.258 e. The summed E-state index contributed by atoms with van der Waals surface area (Å²) < 4.78 is 13.8. The van der Waals surface area contributed by atoms with Crippen LogP contribution in [0.3, 0.4) is 0 Å². The summed E-state index contributed by atoms with van der Waals surface area (Å²) in [6.07, 6.45) is 0. The van der Waals surface area contributed by atoms with Crippen LogP contribution in [-0.2, 0) is 0 Å². The number of likely N-dealkylation sites (N-methyl/N-ethyl adjacent to an activating group) is 1. The zero-order valence-electron chi connectivity index (χ0n) is 16.2. The van der Waals surface area contributed by atoms with Crippen molar-refractivity contribution < 1.29 is 14.1 Å². The molecule has 0 unspecified atom stereocenters. The summed E-state index contributed by atoms with van der Waals surface area (Å²) in [7, 11) is 2.20. The topological polar surface area (TPSA) is 62.6 Å². The van der Waals surface area contributed by atoms with Gasteiger partial charge < -0.3 is 15.1 Å². The number of benzene rings is 2. The predicted molar refractivity (Wildman–Crippen MR) is 111 cm³/mol. The van der Waals surface area contributed by atoms with Crippen molar-refractivity contribution in [1.29, 1.82) is 0 Å². The van der Waals surface area contributed by atoms with Crippen LogP contribution < -0.4 is 15.1 Å². The fourth-order valence-corrected chi connectivity index (χ4v) is 3.37. The first-order valence-corrected chi connectivity index (χ1v) is 9.66. The standard InChI is InChI=1S/C22H22FN5O/c1-27-11-13-28(14-12-27)21-10-9-20(25-26-21)16-5-4-6-17(15-16)24-22(29)18-7-2-3-8-19(18)23/h2-10,15H,11-14H2,1H3,(H,24,29)/p+1. The van der Waals surface area contributed by atoms with E-state index in [0.717, 1.165) is 43.3 Å². The number of hydrogen-bond donors (Lipinski definition) is 2. The highest BCUT2D eigenvalue weighted by Crippen LogP contribution is 2.22. The zero-order valence-corrected chi connectivity index (χ0v) is 16.2. The van der Waals surface area contributed by atoms with Gasteiger partial charge in [-0.3, -0.25) is 4.79 Å². The summed E-state index contributed by atoms with van der Waals surface area (Å²) >= 11 is 0. The quantitative estimate of drug-likeness (QED) is 0.712. The first kappa shape index (κ1) is 19.0. The van der Waals surface area contributed by atoms with Crippen molar-refractivity contribution in [1.82, 2.24) is 10.2 Å². The Hall–Kier alpha value is -3.32. The minimum atomic E-state index is -0.548. The molecular weight excluding hydrogens is 369 g/mol. The fraction of sp³-hybridized carbons (Fsp3) is 0.227. The van der Waals surface area contributed by atoms with E-state index in [1.807, 2.05) is 30.3 Å². The smallest absolute Gasteiger partial charge is 0.258 e. The molecule has 0 aliphatic carbocycles. The van der Waals surface area contributed by atoms with Crippen molar-refractivity contribution >= 4 is 17.4 Å². The first-order chi connectivity index (χ1) is 14.1. The minimum Gasteiger partial charge on any atom is -0.344 e. The number of carbonyl (C=O) groups excluding carboxylic acids is 1. The number of nitrogens with zero attached hydrogens (tertiary/aromatic N) is 3. The molecule has 1 saturated heterocycles. The molecule has 148 valence electrons. The van der Waals surface area contributed by atoms with Crippen LogP contribution in [0.25, 0.3) is 11.3 Å². The van der Waals surface area contributed by atoms with Crippen molar-refractivity contribution in [2.45, 2.75) is 0 Å². The Morgan fingerprint density at radius 2 is 1.83 bits per heavy atom. The second-order valence-electron chi connectivity index (χ2n) is 7.24. The predicted octanol–water partition coefficient (Wildman–Crippen LogP) is 1.87. The molecule has 2 aromatic carbocycles. The highest BCUT2D eigenvalue weighted by atomic mass is 19.1. The van der Waals surface area contributed by atoms with Crippen molar-refractivity contribution in [2.24, 2.45) is 0 Å². The molecule has 4 rings (SSSR count). The molecule has 0 radical (unpaired) electrons. The van der Waals surface area contributed by atoms with E-state index in [1.165, 1.54) is 17.0 Å². The third-order valence-corrected chi connectivity index (χ3v) is 5.13. The van der Waals surface area contributed by atoms with Crippen molar-refractivity contribution in [2.75, 3.05) is 43.4 Å². The zero-order chi connectivity index (χ0) is 20.2. The van der Waals surface area contributed by atoms with Crippen LogP contribution in [0.1, 0.15) is 10.4 Å². The second-order valence-corrected chi connectivity index (χ2v) is 7.24. The normalized spacial score (nSPS) is 14.6. The van der Waals surface area contributed by atoms with Crippen LogP contribution in [0, 0.1) is 5.82 Å². The van der Waals surface area contributed by atoms with E-state index in [-0.39, 0.29) is 5.56 Å². The third kappa shape index (κ3) is 4.41. The van der Waals surface area contributed by atoms with Gasteiger partial charge in [-0.05, 0) is 36.4 Å². The SMILES string of the molecule is C[NH+]1CCN(c2ccc(-c3cccc(NC(=O)c4ccccc4F)c3)nn2)CC1. The fourth-order valence-electron chi connectivity index (χ4n) is 3.37. The summed E-state index contributed by atoms with van der Waals surface area (Å²) in [5, 5.41) is 11.5. The van der Waals surface area contributed by atoms with Gasteiger partial charge in [0.25, 0.3) is 5.91 Å². The maximum atomic E-state index is 13.8. The van der Waals surface area contributed by atoms with E-state index in [2.05, 4.69) is 27.5 Å². The molecule has 0 atom stereocenters. The number of hydrogen-bond acceptors (Lipinski definition) is 4.